The molecule has 16 heavy (non-hydrogen) atoms. The van der Waals surface area contributed by atoms with Gasteiger partial charge < -0.3 is 9.72 Å². The van der Waals surface area contributed by atoms with Crippen LogP contribution in [0.3, 0.4) is 0 Å². The molecule has 0 aliphatic rings. The van der Waals surface area contributed by atoms with Gasteiger partial charge in [0.05, 0.1) is 11.4 Å². The molecule has 8 heteroatoms. The monoisotopic (exact) mass is 255 g/mol. The third-order valence-electron chi connectivity index (χ3n) is 1.60. The zero-order chi connectivity index (χ0) is 12.3. The Morgan fingerprint density at radius 3 is 2.56 bits per heavy atom. The lowest BCUT2D eigenvalue weighted by Crippen LogP contribution is -2.21. The molecule has 0 saturated carbocycles. The number of pyridine rings is 1. The van der Waals surface area contributed by atoms with E-state index in [0.29, 0.717) is 6.07 Å². The molecule has 1 rings (SSSR count). The molecular formula is C8H5ClF3NO3. The van der Waals surface area contributed by atoms with Gasteiger partial charge in [-0.2, -0.15) is 0 Å². The predicted octanol–water partition coefficient (Wildman–Crippen LogP) is 1.82. The van der Waals surface area contributed by atoms with Crippen molar-refractivity contribution in [3.05, 3.63) is 27.5 Å². The first kappa shape index (κ1) is 12.6. The van der Waals surface area contributed by atoms with Crippen molar-refractivity contribution < 1.29 is 22.7 Å². The summed E-state index contributed by atoms with van der Waals surface area (Å²) in [7, 11) is 0. The number of alkyl halides is 4. The number of aromatic amines is 1. The van der Waals surface area contributed by atoms with Crippen LogP contribution in [-0.2, 0) is 5.88 Å². The van der Waals surface area contributed by atoms with Crippen molar-refractivity contribution in [1.29, 1.82) is 0 Å². The highest BCUT2D eigenvalue weighted by Gasteiger charge is 2.32. The molecule has 4 nitrogen and oxygen atoms in total. The van der Waals surface area contributed by atoms with Gasteiger partial charge in [-0.05, 0) is 0 Å². The van der Waals surface area contributed by atoms with Crippen LogP contribution in [0.4, 0.5) is 13.2 Å². The number of H-pyrrole nitrogens is 1. The van der Waals surface area contributed by atoms with Crippen LogP contribution < -0.4 is 10.2 Å². The van der Waals surface area contributed by atoms with Gasteiger partial charge >= 0.3 is 6.36 Å². The number of hydrogen-bond donors (Lipinski definition) is 1. The minimum atomic E-state index is -4.92. The summed E-state index contributed by atoms with van der Waals surface area (Å²) in [6, 6.07) is 0.535. The molecule has 0 aromatic carbocycles. The summed E-state index contributed by atoms with van der Waals surface area (Å²) in [6.45, 7) is 0. The molecule has 0 amide bonds. The van der Waals surface area contributed by atoms with Gasteiger partial charge in [-0.1, -0.05) is 0 Å². The molecule has 88 valence electrons. The molecule has 0 aliphatic carbocycles. The molecular weight excluding hydrogens is 251 g/mol. The maximum atomic E-state index is 11.8. The van der Waals surface area contributed by atoms with Crippen molar-refractivity contribution in [3.63, 3.8) is 0 Å². The Hall–Kier alpha value is -1.50. The van der Waals surface area contributed by atoms with E-state index in [9.17, 15) is 22.8 Å². The largest absolute Gasteiger partial charge is 0.574 e. The number of ether oxygens (including phenoxy) is 1. The Kier molecular flexibility index (Phi) is 3.58. The summed E-state index contributed by atoms with van der Waals surface area (Å²) in [5.41, 5.74) is -1.32. The Balaban J connectivity index is 3.21. The number of aldehydes is 1. The van der Waals surface area contributed by atoms with Gasteiger partial charge in [-0.25, -0.2) is 0 Å². The van der Waals surface area contributed by atoms with Gasteiger partial charge in [0.25, 0.3) is 0 Å². The van der Waals surface area contributed by atoms with Gasteiger partial charge in [0.2, 0.25) is 5.88 Å². The summed E-state index contributed by atoms with van der Waals surface area (Å²) >= 11 is 5.36. The molecule has 0 saturated heterocycles. The van der Waals surface area contributed by atoms with E-state index >= 15 is 0 Å². The SMILES string of the molecule is O=Cc1c(CCl)[nH]c(OC(F)(F)F)cc1=O. The number of carbonyl (C=O) groups excluding carboxylic acids is 1. The van der Waals surface area contributed by atoms with Crippen LogP contribution >= 0.6 is 11.6 Å². The highest BCUT2D eigenvalue weighted by atomic mass is 35.5. The minimum Gasteiger partial charge on any atom is -0.390 e. The van der Waals surface area contributed by atoms with Gasteiger partial charge in [0.15, 0.2) is 11.7 Å². The van der Waals surface area contributed by atoms with E-state index in [0.717, 1.165) is 0 Å². The molecule has 0 unspecified atom stereocenters. The van der Waals surface area contributed by atoms with Crippen molar-refractivity contribution in [3.8, 4) is 5.88 Å². The fraction of sp³-hybridized carbons (Fsp3) is 0.250. The van der Waals surface area contributed by atoms with E-state index in [1.165, 1.54) is 0 Å². The average molecular weight is 256 g/mol. The number of hydrogen-bond acceptors (Lipinski definition) is 3. The molecule has 0 fully saturated rings. The normalized spacial score (nSPS) is 11.2. The fourth-order valence-corrected chi connectivity index (χ4v) is 1.22. The summed E-state index contributed by atoms with van der Waals surface area (Å²) < 4.78 is 39.0. The molecule has 0 radical (unpaired) electrons. The molecule has 0 atom stereocenters. The van der Waals surface area contributed by atoms with Crippen LogP contribution in [0, 0.1) is 0 Å². The first-order valence-corrected chi connectivity index (χ1v) is 4.44. The zero-order valence-electron chi connectivity index (χ0n) is 7.60. The number of aromatic nitrogens is 1. The third-order valence-corrected chi connectivity index (χ3v) is 1.87. The smallest absolute Gasteiger partial charge is 0.390 e. The van der Waals surface area contributed by atoms with Gasteiger partial charge in [-0.15, -0.1) is 24.8 Å². The molecule has 1 heterocycles. The van der Waals surface area contributed by atoms with Crippen LogP contribution in [0.2, 0.25) is 0 Å². The Morgan fingerprint density at radius 1 is 1.50 bits per heavy atom. The van der Waals surface area contributed by atoms with E-state index in [-0.39, 0.29) is 23.4 Å². The number of carbonyl (C=O) groups is 1. The average Bonchev–Trinajstić information content (AvgIpc) is 2.14. The molecule has 1 aromatic heterocycles. The zero-order valence-corrected chi connectivity index (χ0v) is 8.35. The van der Waals surface area contributed by atoms with Crippen LogP contribution in [0.25, 0.3) is 0 Å². The fourth-order valence-electron chi connectivity index (χ4n) is 1.01. The molecule has 0 spiro atoms. The quantitative estimate of drug-likeness (QED) is 0.662. The summed E-state index contributed by atoms with van der Waals surface area (Å²) in [5, 5.41) is 0. The van der Waals surface area contributed by atoms with Crippen LogP contribution in [0.1, 0.15) is 16.1 Å². The van der Waals surface area contributed by atoms with Crippen LogP contribution in [0.15, 0.2) is 10.9 Å². The second-order valence-corrected chi connectivity index (χ2v) is 2.96. The molecule has 0 bridgehead atoms. The summed E-state index contributed by atoms with van der Waals surface area (Å²) in [5.74, 6) is -1.11. The van der Waals surface area contributed by atoms with E-state index < -0.39 is 17.7 Å². The second kappa shape index (κ2) is 4.56. The maximum absolute atomic E-state index is 11.8. The second-order valence-electron chi connectivity index (χ2n) is 2.69. The van der Waals surface area contributed by atoms with E-state index in [4.69, 9.17) is 11.6 Å². The minimum absolute atomic E-state index is 0.122. The third kappa shape index (κ3) is 2.99. The van der Waals surface area contributed by atoms with Crippen molar-refractivity contribution >= 4 is 17.9 Å². The van der Waals surface area contributed by atoms with Gasteiger partial charge in [-0.3, -0.25) is 9.59 Å². The van der Waals surface area contributed by atoms with Crippen molar-refractivity contribution in [2.45, 2.75) is 12.2 Å². The lowest BCUT2D eigenvalue weighted by Gasteiger charge is -2.10. The topological polar surface area (TPSA) is 59.2 Å². The predicted molar refractivity (Wildman–Crippen MR) is 48.7 cm³/mol. The number of rotatable bonds is 3. The van der Waals surface area contributed by atoms with E-state index in [1.807, 2.05) is 0 Å². The first-order chi connectivity index (χ1) is 7.37. The van der Waals surface area contributed by atoms with Crippen molar-refractivity contribution in [2.75, 3.05) is 0 Å². The highest BCUT2D eigenvalue weighted by Crippen LogP contribution is 2.20. The summed E-state index contributed by atoms with van der Waals surface area (Å²) in [6.07, 6.45) is -4.71. The lowest BCUT2D eigenvalue weighted by atomic mass is 10.2. The van der Waals surface area contributed by atoms with Gasteiger partial charge in [0, 0.05) is 11.8 Å². The summed E-state index contributed by atoms with van der Waals surface area (Å²) in [4.78, 5) is 23.7. The number of nitrogens with one attached hydrogen (secondary N) is 1. The van der Waals surface area contributed by atoms with Crippen LogP contribution in [-0.4, -0.2) is 17.6 Å². The Bertz CT molecular complexity index is 455. The molecule has 1 aromatic rings. The van der Waals surface area contributed by atoms with Crippen molar-refractivity contribution in [1.82, 2.24) is 4.98 Å². The van der Waals surface area contributed by atoms with Crippen molar-refractivity contribution in [2.24, 2.45) is 0 Å². The molecule has 0 aliphatic heterocycles. The van der Waals surface area contributed by atoms with E-state index in [2.05, 4.69) is 9.72 Å². The standard InChI is InChI=1S/C8H5ClF3NO3/c9-2-5-4(3-14)6(15)1-7(13-5)16-8(10,11)12/h1,3H,2H2,(H,13,15). The molecule has 1 N–H and O–H groups in total. The van der Waals surface area contributed by atoms with E-state index in [1.54, 1.807) is 0 Å². The maximum Gasteiger partial charge on any atom is 0.574 e. The Morgan fingerprint density at radius 2 is 2.12 bits per heavy atom. The lowest BCUT2D eigenvalue weighted by molar-refractivity contribution is -0.276. The first-order valence-electron chi connectivity index (χ1n) is 3.90. The van der Waals surface area contributed by atoms with Crippen LogP contribution in [0.5, 0.6) is 5.88 Å². The Labute approximate surface area is 92.0 Å². The number of halogens is 4. The van der Waals surface area contributed by atoms with Gasteiger partial charge in [0.1, 0.15) is 0 Å². The highest BCUT2D eigenvalue weighted by molar-refractivity contribution is 6.17.